The lowest BCUT2D eigenvalue weighted by Gasteiger charge is -2.25. The molecule has 0 bridgehead atoms. The van der Waals surface area contributed by atoms with Crippen LogP contribution in [0.15, 0.2) is 17.0 Å². The van der Waals surface area contributed by atoms with Crippen molar-refractivity contribution in [3.8, 4) is 0 Å². The van der Waals surface area contributed by atoms with Gasteiger partial charge in [0.2, 0.25) is 10.0 Å². The first-order valence-corrected chi connectivity index (χ1v) is 8.90. The molecule has 3 nitrogen and oxygen atoms in total. The summed E-state index contributed by atoms with van der Waals surface area (Å²) in [5.41, 5.74) is 2.70. The van der Waals surface area contributed by atoms with E-state index in [0.717, 1.165) is 29.5 Å². The molecule has 1 aromatic carbocycles. The fraction of sp³-hybridized carbons (Fsp3) is 0.600. The maximum Gasteiger partial charge on any atom is 0.243 e. The van der Waals surface area contributed by atoms with Gasteiger partial charge in [0.15, 0.2) is 0 Å². The monoisotopic (exact) mass is 315 g/mol. The number of rotatable bonds is 5. The van der Waals surface area contributed by atoms with Gasteiger partial charge in [-0.2, -0.15) is 4.31 Å². The number of hydrogen-bond donors (Lipinski definition) is 0. The molecule has 0 N–H and O–H groups in total. The minimum absolute atomic E-state index is 0.0557. The molecule has 1 fully saturated rings. The maximum atomic E-state index is 12.8. The minimum Gasteiger partial charge on any atom is -0.207 e. The van der Waals surface area contributed by atoms with Crippen LogP contribution >= 0.6 is 11.6 Å². The van der Waals surface area contributed by atoms with Crippen molar-refractivity contribution < 1.29 is 8.42 Å². The third-order valence-electron chi connectivity index (χ3n) is 4.31. The second-order valence-electron chi connectivity index (χ2n) is 5.78. The molecule has 0 spiro atoms. The van der Waals surface area contributed by atoms with E-state index in [9.17, 15) is 8.42 Å². The lowest BCUT2D eigenvalue weighted by molar-refractivity contribution is 0.357. The molecule has 1 aromatic rings. The summed E-state index contributed by atoms with van der Waals surface area (Å²) in [6.07, 6.45) is 2.25. The Hall–Kier alpha value is -0.580. The molecule has 1 atom stereocenters. The standard InChI is InChI=1S/C15H22ClNO2S/c1-10-7-11(2)15(8-14(10)9-16)20(18,19)17(4)12(3)13-5-6-13/h7-8,12-13H,5-6,9H2,1-4H3. The fourth-order valence-electron chi connectivity index (χ4n) is 2.55. The molecule has 0 aliphatic heterocycles. The summed E-state index contributed by atoms with van der Waals surface area (Å²) in [5, 5.41) is 0. The number of hydrogen-bond acceptors (Lipinski definition) is 2. The molecule has 1 unspecified atom stereocenters. The first-order chi connectivity index (χ1) is 9.28. The van der Waals surface area contributed by atoms with Gasteiger partial charge in [0, 0.05) is 19.0 Å². The highest BCUT2D eigenvalue weighted by Crippen LogP contribution is 2.37. The Morgan fingerprint density at radius 1 is 1.30 bits per heavy atom. The second-order valence-corrected chi connectivity index (χ2v) is 8.01. The predicted molar refractivity (Wildman–Crippen MR) is 82.6 cm³/mol. The van der Waals surface area contributed by atoms with Gasteiger partial charge in [0.1, 0.15) is 0 Å². The van der Waals surface area contributed by atoms with Gasteiger partial charge in [-0.25, -0.2) is 8.42 Å². The van der Waals surface area contributed by atoms with Crippen LogP contribution in [0.5, 0.6) is 0 Å². The molecule has 1 aliphatic carbocycles. The molecule has 0 heterocycles. The van der Waals surface area contributed by atoms with Crippen molar-refractivity contribution >= 4 is 21.6 Å². The van der Waals surface area contributed by atoms with E-state index in [-0.39, 0.29) is 6.04 Å². The summed E-state index contributed by atoms with van der Waals surface area (Å²) in [6, 6.07) is 3.68. The lowest BCUT2D eigenvalue weighted by Crippen LogP contribution is -2.36. The molecule has 2 rings (SSSR count). The Morgan fingerprint density at radius 2 is 1.90 bits per heavy atom. The molecule has 1 aliphatic rings. The normalized spacial score (nSPS) is 17.5. The van der Waals surface area contributed by atoms with Crippen LogP contribution in [-0.2, 0) is 15.9 Å². The van der Waals surface area contributed by atoms with Crippen LogP contribution in [0.2, 0.25) is 0 Å². The molecule has 20 heavy (non-hydrogen) atoms. The molecule has 0 saturated heterocycles. The van der Waals surface area contributed by atoms with Gasteiger partial charge in [-0.15, -0.1) is 11.6 Å². The summed E-state index contributed by atoms with van der Waals surface area (Å²) >= 11 is 5.90. The Kier molecular flexibility index (Phi) is 4.47. The largest absolute Gasteiger partial charge is 0.243 e. The zero-order valence-corrected chi connectivity index (χ0v) is 14.1. The first-order valence-electron chi connectivity index (χ1n) is 6.93. The highest BCUT2D eigenvalue weighted by Gasteiger charge is 2.36. The average Bonchev–Trinajstić information content (AvgIpc) is 3.21. The summed E-state index contributed by atoms with van der Waals surface area (Å²) in [5.74, 6) is 0.837. The lowest BCUT2D eigenvalue weighted by atomic mass is 10.1. The van der Waals surface area contributed by atoms with E-state index in [1.54, 1.807) is 13.1 Å². The molecule has 0 aromatic heterocycles. The highest BCUT2D eigenvalue weighted by molar-refractivity contribution is 7.89. The molecular weight excluding hydrogens is 294 g/mol. The van der Waals surface area contributed by atoms with Crippen molar-refractivity contribution in [2.24, 2.45) is 5.92 Å². The van der Waals surface area contributed by atoms with Crippen molar-refractivity contribution in [1.29, 1.82) is 0 Å². The summed E-state index contributed by atoms with van der Waals surface area (Å²) in [7, 11) is -1.77. The SMILES string of the molecule is Cc1cc(C)c(S(=O)(=O)N(C)C(C)C2CC2)cc1CCl. The molecule has 0 amide bonds. The summed E-state index contributed by atoms with van der Waals surface area (Å²) in [4.78, 5) is 0.383. The Balaban J connectivity index is 2.42. The van der Waals surface area contributed by atoms with Crippen molar-refractivity contribution in [2.45, 2.75) is 50.4 Å². The van der Waals surface area contributed by atoms with Gasteiger partial charge in [0.25, 0.3) is 0 Å². The van der Waals surface area contributed by atoms with Gasteiger partial charge in [-0.1, -0.05) is 6.07 Å². The van der Waals surface area contributed by atoms with Gasteiger partial charge in [-0.3, -0.25) is 0 Å². The third-order valence-corrected chi connectivity index (χ3v) is 6.69. The molecule has 112 valence electrons. The Labute approximate surface area is 127 Å². The van der Waals surface area contributed by atoms with E-state index < -0.39 is 10.0 Å². The second kappa shape index (κ2) is 5.66. The van der Waals surface area contributed by atoms with E-state index in [1.165, 1.54) is 4.31 Å². The maximum absolute atomic E-state index is 12.8. The van der Waals surface area contributed by atoms with Crippen LogP contribution in [0, 0.1) is 19.8 Å². The molecule has 1 saturated carbocycles. The number of nitrogens with zero attached hydrogens (tertiary/aromatic N) is 1. The van der Waals surface area contributed by atoms with Gasteiger partial charge < -0.3 is 0 Å². The number of halogens is 1. The van der Waals surface area contributed by atoms with Crippen molar-refractivity contribution in [3.63, 3.8) is 0 Å². The Morgan fingerprint density at radius 3 is 2.40 bits per heavy atom. The number of sulfonamides is 1. The van der Waals surface area contributed by atoms with Gasteiger partial charge >= 0.3 is 0 Å². The fourth-order valence-corrected chi connectivity index (χ4v) is 4.51. The number of aryl methyl sites for hydroxylation is 2. The smallest absolute Gasteiger partial charge is 0.207 e. The van der Waals surface area contributed by atoms with E-state index in [0.29, 0.717) is 16.7 Å². The first kappa shape index (κ1) is 15.8. The van der Waals surface area contributed by atoms with E-state index >= 15 is 0 Å². The predicted octanol–water partition coefficient (Wildman–Crippen LogP) is 3.46. The molecular formula is C15H22ClNO2S. The van der Waals surface area contributed by atoms with E-state index in [1.807, 2.05) is 26.8 Å². The minimum atomic E-state index is -3.45. The topological polar surface area (TPSA) is 37.4 Å². The van der Waals surface area contributed by atoms with Crippen molar-refractivity contribution in [3.05, 3.63) is 28.8 Å². The van der Waals surface area contributed by atoms with E-state index in [4.69, 9.17) is 11.6 Å². The van der Waals surface area contributed by atoms with E-state index in [2.05, 4.69) is 0 Å². The van der Waals surface area contributed by atoms with Crippen LogP contribution in [0.1, 0.15) is 36.5 Å². The van der Waals surface area contributed by atoms with Crippen LogP contribution in [0.25, 0.3) is 0 Å². The quantitative estimate of drug-likeness (QED) is 0.780. The molecule has 0 radical (unpaired) electrons. The van der Waals surface area contributed by atoms with Crippen LogP contribution in [-0.4, -0.2) is 25.8 Å². The average molecular weight is 316 g/mol. The third kappa shape index (κ3) is 2.87. The zero-order valence-electron chi connectivity index (χ0n) is 12.5. The van der Waals surface area contributed by atoms with Crippen molar-refractivity contribution in [1.82, 2.24) is 4.31 Å². The van der Waals surface area contributed by atoms with Crippen LogP contribution in [0.4, 0.5) is 0 Å². The zero-order chi connectivity index (χ0) is 15.1. The van der Waals surface area contributed by atoms with Gasteiger partial charge in [-0.05, 0) is 62.3 Å². The number of benzene rings is 1. The van der Waals surface area contributed by atoms with Crippen molar-refractivity contribution in [2.75, 3.05) is 7.05 Å². The van der Waals surface area contributed by atoms with Gasteiger partial charge in [0.05, 0.1) is 4.90 Å². The summed E-state index contributed by atoms with van der Waals surface area (Å²) in [6.45, 7) is 5.78. The summed E-state index contributed by atoms with van der Waals surface area (Å²) < 4.78 is 27.1. The molecule has 5 heteroatoms. The Bertz CT molecular complexity index is 609. The van der Waals surface area contributed by atoms with Crippen LogP contribution in [0.3, 0.4) is 0 Å². The number of alkyl halides is 1. The highest BCUT2D eigenvalue weighted by atomic mass is 35.5. The van der Waals surface area contributed by atoms with Crippen LogP contribution < -0.4 is 0 Å².